The number of nitrogens with zero attached hydrogens (tertiary/aromatic N) is 3. The van der Waals surface area contributed by atoms with Gasteiger partial charge in [-0.1, -0.05) is 77.8 Å². The number of amides is 3. The van der Waals surface area contributed by atoms with Crippen molar-refractivity contribution in [1.29, 1.82) is 0 Å². The standard InChI is InChI=1S/C33H40Cl2N4O2.ClH.H2O/c1-4-36-32(41)38(3)33(28-13-9-6-10-14-28)18-21-39(22-19-33)20-17-27(26-15-16-29(34)30(35)23-26)24-37(2)31(40)25-11-7-5-8-12-25;;/h5-16,23,27H,4,17-22,24H2,1-3H3,(H,36,41);1H;1H2. The van der Waals surface area contributed by atoms with Crippen LogP contribution in [-0.2, 0) is 5.54 Å². The van der Waals surface area contributed by atoms with Gasteiger partial charge in [-0.25, -0.2) is 4.79 Å². The van der Waals surface area contributed by atoms with Gasteiger partial charge in [0.2, 0.25) is 0 Å². The first-order chi connectivity index (χ1) is 19.7. The molecule has 1 aliphatic rings. The van der Waals surface area contributed by atoms with Crippen LogP contribution in [0.1, 0.15) is 53.6 Å². The number of rotatable bonds is 10. The predicted octanol–water partition coefficient (Wildman–Crippen LogP) is 6.49. The topological polar surface area (TPSA) is 87.4 Å². The molecule has 7 nitrogen and oxygen atoms in total. The minimum absolute atomic E-state index is 0. The smallest absolute Gasteiger partial charge is 0.317 e. The van der Waals surface area contributed by atoms with Crippen molar-refractivity contribution in [3.05, 3.63) is 106 Å². The van der Waals surface area contributed by atoms with Crippen LogP contribution in [0.2, 0.25) is 10.0 Å². The molecule has 0 bridgehead atoms. The lowest BCUT2D eigenvalue weighted by atomic mass is 9.79. The number of carbonyl (C=O) groups excluding carboxylic acids is 2. The average molecular weight is 650 g/mol. The summed E-state index contributed by atoms with van der Waals surface area (Å²) in [5.41, 5.74) is 2.55. The molecule has 1 heterocycles. The lowest BCUT2D eigenvalue weighted by molar-refractivity contribution is 0.0561. The van der Waals surface area contributed by atoms with Crippen LogP contribution < -0.4 is 5.32 Å². The van der Waals surface area contributed by atoms with Crippen molar-refractivity contribution < 1.29 is 15.1 Å². The van der Waals surface area contributed by atoms with Gasteiger partial charge in [0.15, 0.2) is 0 Å². The van der Waals surface area contributed by atoms with Crippen LogP contribution in [0.25, 0.3) is 0 Å². The molecule has 43 heavy (non-hydrogen) atoms. The Morgan fingerprint density at radius 2 is 1.53 bits per heavy atom. The van der Waals surface area contributed by atoms with Gasteiger partial charge in [0.05, 0.1) is 15.6 Å². The third-order valence-electron chi connectivity index (χ3n) is 8.34. The maximum atomic E-state index is 13.1. The largest absolute Gasteiger partial charge is 0.412 e. The molecule has 0 radical (unpaired) electrons. The average Bonchev–Trinajstić information content (AvgIpc) is 3.01. The van der Waals surface area contributed by atoms with Gasteiger partial charge >= 0.3 is 6.03 Å². The second-order valence-corrected chi connectivity index (χ2v) is 11.7. The lowest BCUT2D eigenvalue weighted by Crippen LogP contribution is -2.56. The van der Waals surface area contributed by atoms with E-state index in [1.165, 1.54) is 5.56 Å². The molecule has 234 valence electrons. The zero-order valence-corrected chi connectivity index (χ0v) is 27.4. The summed E-state index contributed by atoms with van der Waals surface area (Å²) in [6.07, 6.45) is 2.54. The third kappa shape index (κ3) is 8.87. The number of nitrogens with one attached hydrogen (secondary N) is 1. The van der Waals surface area contributed by atoms with Crippen molar-refractivity contribution in [2.45, 2.75) is 37.6 Å². The highest BCUT2D eigenvalue weighted by atomic mass is 35.5. The van der Waals surface area contributed by atoms with Gasteiger partial charge in [-0.2, -0.15) is 0 Å². The number of carbonyl (C=O) groups is 2. The van der Waals surface area contributed by atoms with Gasteiger partial charge in [0, 0.05) is 51.8 Å². The molecule has 3 aromatic carbocycles. The second-order valence-electron chi connectivity index (χ2n) is 10.8. The molecule has 10 heteroatoms. The van der Waals surface area contributed by atoms with Crippen molar-refractivity contribution in [3.63, 3.8) is 0 Å². The number of likely N-dealkylation sites (tertiary alicyclic amines) is 1. The Labute approximate surface area is 271 Å². The first-order valence-corrected chi connectivity index (χ1v) is 15.1. The van der Waals surface area contributed by atoms with Gasteiger partial charge in [0.25, 0.3) is 5.91 Å². The van der Waals surface area contributed by atoms with E-state index >= 15 is 0 Å². The van der Waals surface area contributed by atoms with Crippen LogP contribution >= 0.6 is 35.6 Å². The van der Waals surface area contributed by atoms with Gasteiger partial charge in [-0.15, -0.1) is 12.4 Å². The van der Waals surface area contributed by atoms with Gasteiger partial charge in [-0.05, 0) is 68.1 Å². The summed E-state index contributed by atoms with van der Waals surface area (Å²) in [6, 6.07) is 25.5. The molecule has 1 saturated heterocycles. The minimum atomic E-state index is -0.359. The number of hydrogen-bond acceptors (Lipinski definition) is 3. The van der Waals surface area contributed by atoms with E-state index in [4.69, 9.17) is 23.2 Å². The Bertz CT molecular complexity index is 1310. The normalized spacial score (nSPS) is 14.9. The van der Waals surface area contributed by atoms with Crippen LogP contribution in [0.3, 0.4) is 0 Å². The summed E-state index contributed by atoms with van der Waals surface area (Å²) in [5.74, 6) is 0.0795. The van der Waals surface area contributed by atoms with Crippen molar-refractivity contribution >= 4 is 47.5 Å². The Balaban J connectivity index is 0.00000323. The Morgan fingerprint density at radius 1 is 0.930 bits per heavy atom. The summed E-state index contributed by atoms with van der Waals surface area (Å²) in [4.78, 5) is 32.2. The summed E-state index contributed by atoms with van der Waals surface area (Å²) in [7, 11) is 3.76. The van der Waals surface area contributed by atoms with E-state index in [-0.39, 0.29) is 41.3 Å². The van der Waals surface area contributed by atoms with Crippen molar-refractivity contribution in [2.24, 2.45) is 0 Å². The molecule has 0 aromatic heterocycles. The third-order valence-corrected chi connectivity index (χ3v) is 9.08. The van der Waals surface area contributed by atoms with Gasteiger partial charge in [-0.3, -0.25) is 4.79 Å². The van der Waals surface area contributed by atoms with Gasteiger partial charge in [0.1, 0.15) is 0 Å². The van der Waals surface area contributed by atoms with E-state index in [1.807, 2.05) is 92.6 Å². The Kier molecular flexibility index (Phi) is 14.3. The minimum Gasteiger partial charge on any atom is -0.412 e. The monoisotopic (exact) mass is 648 g/mol. The highest BCUT2D eigenvalue weighted by molar-refractivity contribution is 6.42. The summed E-state index contributed by atoms with van der Waals surface area (Å²) in [6.45, 7) is 5.70. The molecule has 3 aromatic rings. The molecule has 1 atom stereocenters. The highest BCUT2D eigenvalue weighted by Gasteiger charge is 2.41. The highest BCUT2D eigenvalue weighted by Crippen LogP contribution is 2.39. The van der Waals surface area contributed by atoms with Crippen molar-refractivity contribution in [3.8, 4) is 0 Å². The summed E-state index contributed by atoms with van der Waals surface area (Å²) in [5, 5.41) is 4.01. The Hall–Kier alpha value is -2.81. The molecule has 0 spiro atoms. The fraction of sp³-hybridized carbons (Fsp3) is 0.394. The molecule has 0 aliphatic carbocycles. The molecule has 3 N–H and O–H groups in total. The predicted molar refractivity (Wildman–Crippen MR) is 179 cm³/mol. The van der Waals surface area contributed by atoms with E-state index in [9.17, 15) is 9.59 Å². The quantitative estimate of drug-likeness (QED) is 0.273. The van der Waals surface area contributed by atoms with E-state index in [0.29, 0.717) is 28.7 Å². The van der Waals surface area contributed by atoms with Crippen LogP contribution in [0.5, 0.6) is 0 Å². The molecule has 0 saturated carbocycles. The zero-order chi connectivity index (χ0) is 29.4. The fourth-order valence-electron chi connectivity index (χ4n) is 5.86. The number of benzene rings is 3. The maximum absolute atomic E-state index is 13.1. The molecular formula is C33H43Cl3N4O3. The van der Waals surface area contributed by atoms with Crippen LogP contribution in [-0.4, -0.2) is 78.9 Å². The van der Waals surface area contributed by atoms with E-state index < -0.39 is 0 Å². The summed E-state index contributed by atoms with van der Waals surface area (Å²) >= 11 is 12.6. The lowest BCUT2D eigenvalue weighted by Gasteiger charge is -2.48. The second kappa shape index (κ2) is 16.9. The summed E-state index contributed by atoms with van der Waals surface area (Å²) < 4.78 is 0. The zero-order valence-electron chi connectivity index (χ0n) is 25.1. The first kappa shape index (κ1) is 36.4. The SMILES string of the molecule is CCNC(=O)N(C)C1(c2ccccc2)CCN(CCC(CN(C)C(=O)c2ccccc2)c2ccc(Cl)c(Cl)c2)CC1.Cl.O. The van der Waals surface area contributed by atoms with E-state index in [2.05, 4.69) is 22.3 Å². The fourth-order valence-corrected chi connectivity index (χ4v) is 6.17. The van der Waals surface area contributed by atoms with Gasteiger partial charge < -0.3 is 25.5 Å². The molecular weight excluding hydrogens is 607 g/mol. The Morgan fingerprint density at radius 3 is 2.12 bits per heavy atom. The maximum Gasteiger partial charge on any atom is 0.317 e. The first-order valence-electron chi connectivity index (χ1n) is 14.3. The van der Waals surface area contributed by atoms with E-state index in [0.717, 1.165) is 44.5 Å². The molecule has 4 rings (SSSR count). The van der Waals surface area contributed by atoms with Crippen LogP contribution in [0.4, 0.5) is 4.79 Å². The molecule has 1 aliphatic heterocycles. The van der Waals surface area contributed by atoms with Crippen LogP contribution in [0.15, 0.2) is 78.9 Å². The van der Waals surface area contributed by atoms with Crippen molar-refractivity contribution in [1.82, 2.24) is 20.0 Å². The number of likely N-dealkylation sites (N-methyl/N-ethyl adjacent to an activating group) is 1. The number of piperidine rings is 1. The number of urea groups is 1. The van der Waals surface area contributed by atoms with E-state index in [1.54, 1.807) is 4.90 Å². The molecule has 1 unspecified atom stereocenters. The number of halogens is 3. The molecule has 3 amide bonds. The van der Waals surface area contributed by atoms with Crippen LogP contribution in [0, 0.1) is 0 Å². The van der Waals surface area contributed by atoms with Crippen molar-refractivity contribution in [2.75, 3.05) is 46.8 Å². The molecule has 1 fully saturated rings. The number of hydrogen-bond donors (Lipinski definition) is 1.